The Morgan fingerprint density at radius 2 is 1.07 bits per heavy atom. The van der Waals surface area contributed by atoms with Crippen molar-refractivity contribution in [2.45, 2.75) is 13.8 Å². The van der Waals surface area contributed by atoms with Crippen molar-refractivity contribution in [3.8, 4) is 11.5 Å². The lowest BCUT2D eigenvalue weighted by Gasteiger charge is -2.10. The molecule has 0 saturated heterocycles. The van der Waals surface area contributed by atoms with Gasteiger partial charge in [0.15, 0.2) is 23.3 Å². The van der Waals surface area contributed by atoms with E-state index in [0.29, 0.717) is 54.9 Å². The minimum absolute atomic E-state index is 0.0534. The van der Waals surface area contributed by atoms with Gasteiger partial charge < -0.3 is 45.9 Å². The minimum Gasteiger partial charge on any atom is -0.491 e. The van der Waals surface area contributed by atoms with E-state index in [1.807, 2.05) is 38.1 Å². The number of methoxy groups -OCH3 is 2. The SMILES string of the molecule is CC.COCCOc1ccc(Nc2ncc(F)c(Nc3cccc(N)c3)n2)cc1.COCCOc1ccc(Nc2ncc(F)c(Nc3cccc([N+](=O)[O-])c3)n2)cc1. The number of nitro benzene ring substituents is 1. The van der Waals surface area contributed by atoms with Crippen LogP contribution in [0.5, 0.6) is 11.5 Å². The van der Waals surface area contributed by atoms with Gasteiger partial charge in [-0.05, 0) is 72.8 Å². The Morgan fingerprint density at radius 3 is 1.50 bits per heavy atom. The van der Waals surface area contributed by atoms with Crippen LogP contribution in [0, 0.1) is 21.7 Å². The van der Waals surface area contributed by atoms with Crippen molar-refractivity contribution in [1.29, 1.82) is 0 Å². The topological polar surface area (TPSA) is 206 Å². The summed E-state index contributed by atoms with van der Waals surface area (Å²) in [7, 11) is 3.22. The number of hydrogen-bond acceptors (Lipinski definition) is 15. The fraction of sp³-hybridized carbons (Fsp3) is 0.200. The lowest BCUT2D eigenvalue weighted by atomic mass is 10.3. The molecule has 0 aliphatic heterocycles. The Morgan fingerprint density at radius 1 is 0.621 bits per heavy atom. The molecule has 0 bridgehead atoms. The molecule has 0 saturated carbocycles. The summed E-state index contributed by atoms with van der Waals surface area (Å²) in [5.74, 6) is 0.513. The molecule has 4 aromatic carbocycles. The summed E-state index contributed by atoms with van der Waals surface area (Å²) < 4.78 is 49.0. The van der Waals surface area contributed by atoms with Gasteiger partial charge in [-0.15, -0.1) is 0 Å². The van der Waals surface area contributed by atoms with E-state index >= 15 is 0 Å². The number of halogens is 2. The largest absolute Gasteiger partial charge is 0.491 e. The van der Waals surface area contributed by atoms with Crippen LogP contribution < -0.4 is 36.5 Å². The summed E-state index contributed by atoms with van der Waals surface area (Å²) >= 11 is 0. The van der Waals surface area contributed by atoms with Crippen molar-refractivity contribution in [3.63, 3.8) is 0 Å². The zero-order valence-corrected chi connectivity index (χ0v) is 32.2. The minimum atomic E-state index is -0.691. The summed E-state index contributed by atoms with van der Waals surface area (Å²) in [6.45, 7) is 5.93. The van der Waals surface area contributed by atoms with E-state index < -0.39 is 16.6 Å². The van der Waals surface area contributed by atoms with Crippen molar-refractivity contribution in [1.82, 2.24) is 19.9 Å². The summed E-state index contributed by atoms with van der Waals surface area (Å²) in [6.07, 6.45) is 2.11. The molecule has 0 fully saturated rings. The second kappa shape index (κ2) is 23.0. The van der Waals surface area contributed by atoms with Crippen molar-refractivity contribution in [2.24, 2.45) is 0 Å². The molecule has 304 valence electrons. The molecule has 16 nitrogen and oxygen atoms in total. The first-order valence-electron chi connectivity index (χ1n) is 17.9. The van der Waals surface area contributed by atoms with Gasteiger partial charge in [0.05, 0.1) is 30.5 Å². The van der Waals surface area contributed by atoms with E-state index in [1.165, 1.54) is 18.2 Å². The average molecular weight is 799 g/mol. The zero-order chi connectivity index (χ0) is 41.7. The number of ether oxygens (including phenoxy) is 4. The van der Waals surface area contributed by atoms with Crippen molar-refractivity contribution >= 4 is 57.7 Å². The second-order valence-electron chi connectivity index (χ2n) is 11.4. The van der Waals surface area contributed by atoms with Crippen LogP contribution in [0.1, 0.15) is 13.8 Å². The predicted octanol–water partition coefficient (Wildman–Crippen LogP) is 8.77. The van der Waals surface area contributed by atoms with Gasteiger partial charge in [-0.3, -0.25) is 10.1 Å². The molecule has 0 radical (unpaired) electrons. The maximum atomic E-state index is 14.1. The quantitative estimate of drug-likeness (QED) is 0.0253. The first kappa shape index (κ1) is 43.5. The maximum absolute atomic E-state index is 14.1. The standard InChI is InChI=1S/C19H18FN5O4.C19H20FN5O2.C2H6/c1-28-9-10-29-16-7-5-13(6-8-16)23-19-21-12-17(20)18(24-19)22-14-3-2-4-15(11-14)25(26)27;1-26-9-10-27-16-7-5-14(6-8-16)24-19-22-12-17(20)18(25-19)23-15-4-2-3-13(21)11-15;1-2/h2-8,11-12H,9-10H2,1H3,(H2,21,22,23,24);2-8,11-12H,9-10,21H2,1H3,(H2,22,23,24,25);1-2H3. The van der Waals surface area contributed by atoms with Gasteiger partial charge in [0.1, 0.15) is 24.7 Å². The second-order valence-corrected chi connectivity index (χ2v) is 11.4. The third kappa shape index (κ3) is 14.2. The smallest absolute Gasteiger partial charge is 0.271 e. The molecule has 18 heteroatoms. The maximum Gasteiger partial charge on any atom is 0.271 e. The van der Waals surface area contributed by atoms with Crippen molar-refractivity contribution in [3.05, 3.63) is 131 Å². The van der Waals surface area contributed by atoms with Gasteiger partial charge in [0.2, 0.25) is 11.9 Å². The van der Waals surface area contributed by atoms with Gasteiger partial charge in [0, 0.05) is 54.8 Å². The number of hydrogen-bond donors (Lipinski definition) is 5. The van der Waals surface area contributed by atoms with Crippen molar-refractivity contribution in [2.75, 3.05) is 67.6 Å². The van der Waals surface area contributed by atoms with E-state index in [1.54, 1.807) is 68.8 Å². The Hall–Kier alpha value is -7.18. The van der Waals surface area contributed by atoms with Crippen LogP contribution in [0.15, 0.2) is 109 Å². The summed E-state index contributed by atoms with van der Waals surface area (Å²) in [5.41, 5.74) is 8.58. The predicted molar refractivity (Wildman–Crippen MR) is 220 cm³/mol. The number of aromatic nitrogens is 4. The van der Waals surface area contributed by atoms with Gasteiger partial charge >= 0.3 is 0 Å². The Bertz CT molecular complexity index is 2180. The lowest BCUT2D eigenvalue weighted by Crippen LogP contribution is -2.05. The number of nitro groups is 1. The Kier molecular flexibility index (Phi) is 17.3. The van der Waals surface area contributed by atoms with Crippen LogP contribution in [-0.2, 0) is 9.47 Å². The summed E-state index contributed by atoms with van der Waals surface area (Å²) in [4.78, 5) is 26.5. The lowest BCUT2D eigenvalue weighted by molar-refractivity contribution is -0.384. The van der Waals surface area contributed by atoms with E-state index in [2.05, 4.69) is 41.2 Å². The van der Waals surface area contributed by atoms with Crippen LogP contribution in [-0.4, -0.2) is 65.5 Å². The first-order chi connectivity index (χ1) is 28.2. The van der Waals surface area contributed by atoms with Crippen LogP contribution in [0.4, 0.5) is 66.4 Å². The number of benzene rings is 4. The van der Waals surface area contributed by atoms with Gasteiger partial charge in [-0.2, -0.15) is 9.97 Å². The van der Waals surface area contributed by atoms with Crippen LogP contribution >= 0.6 is 0 Å². The molecule has 0 aliphatic carbocycles. The molecule has 6 rings (SSSR count). The highest BCUT2D eigenvalue weighted by molar-refractivity contribution is 5.64. The first-order valence-corrected chi connectivity index (χ1v) is 17.9. The molecular formula is C40H44F2N10O6. The van der Waals surface area contributed by atoms with Crippen LogP contribution in [0.25, 0.3) is 0 Å². The third-order valence-corrected chi connectivity index (χ3v) is 7.29. The fourth-order valence-electron chi connectivity index (χ4n) is 4.63. The van der Waals surface area contributed by atoms with Crippen LogP contribution in [0.2, 0.25) is 0 Å². The number of nitrogen functional groups attached to an aromatic ring is 1. The monoisotopic (exact) mass is 798 g/mol. The molecule has 2 heterocycles. The highest BCUT2D eigenvalue weighted by atomic mass is 19.1. The number of non-ortho nitro benzene ring substituents is 1. The Balaban J connectivity index is 0.000000247. The number of nitrogens with one attached hydrogen (secondary N) is 4. The highest BCUT2D eigenvalue weighted by Crippen LogP contribution is 2.25. The van der Waals surface area contributed by atoms with E-state index in [-0.39, 0.29) is 29.2 Å². The van der Waals surface area contributed by atoms with Crippen molar-refractivity contribution < 1.29 is 32.7 Å². The molecule has 6 N–H and O–H groups in total. The van der Waals surface area contributed by atoms with Gasteiger partial charge in [-0.25, -0.2) is 18.7 Å². The molecule has 0 unspecified atom stereocenters. The molecule has 0 spiro atoms. The fourth-order valence-corrected chi connectivity index (χ4v) is 4.63. The highest BCUT2D eigenvalue weighted by Gasteiger charge is 2.12. The number of nitrogens with zero attached hydrogens (tertiary/aromatic N) is 5. The van der Waals surface area contributed by atoms with E-state index in [0.717, 1.165) is 23.8 Å². The number of rotatable bonds is 17. The number of anilines is 9. The van der Waals surface area contributed by atoms with Gasteiger partial charge in [0.25, 0.3) is 5.69 Å². The van der Waals surface area contributed by atoms with Crippen LogP contribution in [0.3, 0.4) is 0 Å². The number of nitrogens with two attached hydrogens (primary N) is 1. The summed E-state index contributed by atoms with van der Waals surface area (Å²) in [6, 6.07) is 27.0. The average Bonchev–Trinajstić information content (AvgIpc) is 3.23. The molecule has 0 atom stereocenters. The zero-order valence-electron chi connectivity index (χ0n) is 32.2. The molecule has 58 heavy (non-hydrogen) atoms. The third-order valence-electron chi connectivity index (χ3n) is 7.29. The molecule has 6 aromatic rings. The molecular weight excluding hydrogens is 754 g/mol. The molecule has 2 aromatic heterocycles. The van der Waals surface area contributed by atoms with Gasteiger partial charge in [-0.1, -0.05) is 26.0 Å². The normalized spacial score (nSPS) is 10.2. The Labute approximate surface area is 334 Å². The molecule has 0 amide bonds. The van der Waals surface area contributed by atoms with E-state index in [4.69, 9.17) is 24.7 Å². The molecule has 0 aliphatic rings. The van der Waals surface area contributed by atoms with E-state index in [9.17, 15) is 18.9 Å². The summed E-state index contributed by atoms with van der Waals surface area (Å²) in [5, 5.41) is 22.5.